The Labute approximate surface area is 126 Å². The fourth-order valence-corrected chi connectivity index (χ4v) is 2.12. The Morgan fingerprint density at radius 1 is 1.35 bits per heavy atom. The van der Waals surface area contributed by atoms with E-state index >= 15 is 0 Å². The molecular formula is C13H14Cl2N2O3. The number of carbonyl (C=O) groups is 2. The Balaban J connectivity index is 2.06. The minimum Gasteiger partial charge on any atom is -0.480 e. The average molecular weight is 317 g/mol. The first-order valence-corrected chi connectivity index (χ1v) is 6.94. The van der Waals surface area contributed by atoms with E-state index in [0.717, 1.165) is 12.8 Å². The van der Waals surface area contributed by atoms with E-state index in [4.69, 9.17) is 28.3 Å². The first-order valence-electron chi connectivity index (χ1n) is 6.18. The minimum atomic E-state index is -1.04. The van der Waals surface area contributed by atoms with Crippen LogP contribution < -0.4 is 5.32 Å². The molecule has 20 heavy (non-hydrogen) atoms. The number of benzene rings is 1. The maximum atomic E-state index is 12.1. The van der Waals surface area contributed by atoms with Crippen LogP contribution in [-0.4, -0.2) is 35.1 Å². The molecule has 0 aromatic heterocycles. The van der Waals surface area contributed by atoms with Gasteiger partial charge >= 0.3 is 12.0 Å². The van der Waals surface area contributed by atoms with Crippen LogP contribution in [0.5, 0.6) is 0 Å². The maximum absolute atomic E-state index is 12.1. The number of rotatable bonds is 5. The monoisotopic (exact) mass is 316 g/mol. The van der Waals surface area contributed by atoms with E-state index in [1.54, 1.807) is 12.1 Å². The summed E-state index contributed by atoms with van der Waals surface area (Å²) in [6.45, 7) is 0.108. The molecule has 0 heterocycles. The predicted octanol–water partition coefficient (Wildman–Crippen LogP) is 3.32. The molecule has 0 radical (unpaired) electrons. The lowest BCUT2D eigenvalue weighted by Crippen LogP contribution is -2.40. The van der Waals surface area contributed by atoms with Crippen LogP contribution in [0, 0.1) is 5.92 Å². The first-order chi connectivity index (χ1) is 9.45. The van der Waals surface area contributed by atoms with Crippen molar-refractivity contribution in [2.75, 3.05) is 18.4 Å². The lowest BCUT2D eigenvalue weighted by Gasteiger charge is -2.21. The smallest absolute Gasteiger partial charge is 0.323 e. The van der Waals surface area contributed by atoms with Gasteiger partial charge in [-0.3, -0.25) is 4.79 Å². The predicted molar refractivity (Wildman–Crippen MR) is 77.4 cm³/mol. The summed E-state index contributed by atoms with van der Waals surface area (Å²) in [5.74, 6) is -0.645. The first kappa shape index (κ1) is 14.9. The van der Waals surface area contributed by atoms with Crippen LogP contribution in [0.15, 0.2) is 18.2 Å². The van der Waals surface area contributed by atoms with Crippen molar-refractivity contribution in [3.63, 3.8) is 0 Å². The Morgan fingerprint density at radius 3 is 2.65 bits per heavy atom. The summed E-state index contributed by atoms with van der Waals surface area (Å²) >= 11 is 11.8. The average Bonchev–Trinajstić information content (AvgIpc) is 3.16. The minimum absolute atomic E-state index is 0.333. The molecular weight excluding hydrogens is 303 g/mol. The molecule has 0 spiro atoms. The van der Waals surface area contributed by atoms with Crippen LogP contribution in [0.25, 0.3) is 0 Å². The molecule has 1 aromatic carbocycles. The number of nitrogens with one attached hydrogen (secondary N) is 1. The van der Waals surface area contributed by atoms with Crippen LogP contribution in [0.1, 0.15) is 12.8 Å². The zero-order chi connectivity index (χ0) is 14.7. The number of carboxylic acids is 1. The molecule has 0 atom stereocenters. The third kappa shape index (κ3) is 4.28. The molecule has 108 valence electrons. The number of halogens is 2. The zero-order valence-corrected chi connectivity index (χ0v) is 12.1. The van der Waals surface area contributed by atoms with Gasteiger partial charge in [0.25, 0.3) is 0 Å². The van der Waals surface area contributed by atoms with Gasteiger partial charge in [-0.2, -0.15) is 0 Å². The second-order valence-electron chi connectivity index (χ2n) is 4.77. The second kappa shape index (κ2) is 6.33. The second-order valence-corrected chi connectivity index (χ2v) is 5.62. The van der Waals surface area contributed by atoms with Crippen molar-refractivity contribution < 1.29 is 14.7 Å². The van der Waals surface area contributed by atoms with Gasteiger partial charge in [0.05, 0.1) is 10.7 Å². The van der Waals surface area contributed by atoms with Crippen molar-refractivity contribution in [3.05, 3.63) is 28.2 Å². The maximum Gasteiger partial charge on any atom is 0.323 e. The third-order valence-corrected chi connectivity index (χ3v) is 3.52. The number of hydrogen-bond acceptors (Lipinski definition) is 2. The zero-order valence-electron chi connectivity index (χ0n) is 10.6. The number of nitrogens with zero attached hydrogens (tertiary/aromatic N) is 1. The van der Waals surface area contributed by atoms with Gasteiger partial charge in [-0.25, -0.2) is 4.79 Å². The van der Waals surface area contributed by atoms with Crippen LogP contribution in [0.2, 0.25) is 10.0 Å². The molecule has 1 saturated carbocycles. The van der Waals surface area contributed by atoms with Gasteiger partial charge in [-0.15, -0.1) is 0 Å². The van der Waals surface area contributed by atoms with E-state index in [2.05, 4.69) is 5.32 Å². The molecule has 2 rings (SSSR count). The molecule has 1 aliphatic rings. The fraction of sp³-hybridized carbons (Fsp3) is 0.385. The number of anilines is 1. The summed E-state index contributed by atoms with van der Waals surface area (Å²) < 4.78 is 0. The van der Waals surface area contributed by atoms with Crippen LogP contribution in [0.3, 0.4) is 0 Å². The molecule has 0 bridgehead atoms. The summed E-state index contributed by atoms with van der Waals surface area (Å²) in [6, 6.07) is 4.22. The van der Waals surface area contributed by atoms with E-state index in [-0.39, 0.29) is 6.54 Å². The number of amides is 2. The largest absolute Gasteiger partial charge is 0.480 e. The van der Waals surface area contributed by atoms with Gasteiger partial charge in [0, 0.05) is 11.6 Å². The van der Waals surface area contributed by atoms with Gasteiger partial charge < -0.3 is 15.3 Å². The molecule has 0 aliphatic heterocycles. The van der Waals surface area contributed by atoms with Crippen molar-refractivity contribution in [1.82, 2.24) is 4.90 Å². The lowest BCUT2D eigenvalue weighted by molar-refractivity contribution is -0.137. The molecule has 0 unspecified atom stereocenters. The Morgan fingerprint density at radius 2 is 2.05 bits per heavy atom. The standard InChI is InChI=1S/C13H14Cl2N2O3/c14-9-3-4-10(15)11(5-9)16-13(20)17(7-12(18)19)6-8-1-2-8/h3-5,8H,1-2,6-7H2,(H,16,20)(H,18,19). The summed E-state index contributed by atoms with van der Waals surface area (Å²) in [6.07, 6.45) is 2.06. The summed E-state index contributed by atoms with van der Waals surface area (Å²) in [7, 11) is 0. The van der Waals surface area contributed by atoms with Gasteiger partial charge in [0.2, 0.25) is 0 Å². The van der Waals surface area contributed by atoms with Crippen molar-refractivity contribution in [2.24, 2.45) is 5.92 Å². The summed E-state index contributed by atoms with van der Waals surface area (Å²) in [5, 5.41) is 12.3. The highest BCUT2D eigenvalue weighted by Gasteiger charge is 2.28. The van der Waals surface area contributed by atoms with E-state index in [1.807, 2.05) is 0 Å². The quantitative estimate of drug-likeness (QED) is 0.875. The number of carboxylic acid groups (broad SMARTS) is 1. The SMILES string of the molecule is O=C(O)CN(CC1CC1)C(=O)Nc1cc(Cl)ccc1Cl. The van der Waals surface area contributed by atoms with Gasteiger partial charge in [0.15, 0.2) is 0 Å². The highest BCUT2D eigenvalue weighted by Crippen LogP contribution is 2.30. The molecule has 1 aromatic rings. The molecule has 5 nitrogen and oxygen atoms in total. The van der Waals surface area contributed by atoms with Crippen molar-refractivity contribution in [1.29, 1.82) is 0 Å². The summed E-state index contributed by atoms with van der Waals surface area (Å²) in [5.41, 5.74) is 0.371. The molecule has 1 fully saturated rings. The van der Waals surface area contributed by atoms with E-state index < -0.39 is 12.0 Å². The van der Waals surface area contributed by atoms with Crippen molar-refractivity contribution >= 4 is 40.9 Å². The third-order valence-electron chi connectivity index (χ3n) is 2.96. The Bertz CT molecular complexity index is 532. The molecule has 0 saturated heterocycles. The Hall–Kier alpha value is -1.46. The van der Waals surface area contributed by atoms with Crippen LogP contribution in [-0.2, 0) is 4.79 Å². The van der Waals surface area contributed by atoms with Crippen molar-refractivity contribution in [3.8, 4) is 0 Å². The highest BCUT2D eigenvalue weighted by molar-refractivity contribution is 6.35. The normalized spacial score (nSPS) is 13.9. The number of carbonyl (C=O) groups excluding carboxylic acids is 1. The molecule has 1 aliphatic carbocycles. The molecule has 2 N–H and O–H groups in total. The fourth-order valence-electron chi connectivity index (χ4n) is 1.78. The van der Waals surface area contributed by atoms with E-state index in [9.17, 15) is 9.59 Å². The number of urea groups is 1. The Kier molecular flexibility index (Phi) is 4.73. The van der Waals surface area contributed by atoms with Crippen molar-refractivity contribution in [2.45, 2.75) is 12.8 Å². The molecule has 2 amide bonds. The van der Waals surface area contributed by atoms with Gasteiger partial charge in [-0.05, 0) is 37.0 Å². The summed E-state index contributed by atoms with van der Waals surface area (Å²) in [4.78, 5) is 24.2. The topological polar surface area (TPSA) is 69.6 Å². The number of aliphatic carboxylic acids is 1. The highest BCUT2D eigenvalue weighted by atomic mass is 35.5. The van der Waals surface area contributed by atoms with Crippen LogP contribution >= 0.6 is 23.2 Å². The van der Waals surface area contributed by atoms with E-state index in [0.29, 0.717) is 28.2 Å². The van der Waals surface area contributed by atoms with E-state index in [1.165, 1.54) is 11.0 Å². The molecule has 7 heteroatoms. The van der Waals surface area contributed by atoms with Crippen LogP contribution in [0.4, 0.5) is 10.5 Å². The number of hydrogen-bond donors (Lipinski definition) is 2. The lowest BCUT2D eigenvalue weighted by atomic mass is 10.3. The van der Waals surface area contributed by atoms with Gasteiger partial charge in [-0.1, -0.05) is 23.2 Å². The van der Waals surface area contributed by atoms with Gasteiger partial charge in [0.1, 0.15) is 6.54 Å².